The lowest BCUT2D eigenvalue weighted by Crippen LogP contribution is -2.54. The van der Waals surface area contributed by atoms with Gasteiger partial charge in [0.1, 0.15) is 12.2 Å². The molecular weight excluding hydrogens is 555 g/mol. The fourth-order valence-electron chi connectivity index (χ4n) is 3.68. The lowest BCUT2D eigenvalue weighted by Gasteiger charge is -2.27. The number of carbonyl (C=O) groups excluding carboxylic acids is 3. The first-order valence-electron chi connectivity index (χ1n) is 10.5. The first kappa shape index (κ1) is 25.0. The van der Waals surface area contributed by atoms with Crippen LogP contribution in [-0.2, 0) is 16.2 Å². The van der Waals surface area contributed by atoms with Gasteiger partial charge in [0, 0.05) is 5.02 Å². The Labute approximate surface area is 220 Å². The van der Waals surface area contributed by atoms with Crippen LogP contribution in [0.5, 0.6) is 5.75 Å². The van der Waals surface area contributed by atoms with E-state index in [-0.39, 0.29) is 17.2 Å². The van der Waals surface area contributed by atoms with Gasteiger partial charge >= 0.3 is 6.03 Å². The Kier molecular flexibility index (Phi) is 7.31. The molecule has 1 heterocycles. The highest BCUT2D eigenvalue weighted by Gasteiger charge is 2.37. The highest BCUT2D eigenvalue weighted by molar-refractivity contribution is 9.10. The number of benzene rings is 3. The van der Waals surface area contributed by atoms with Crippen LogP contribution in [0.2, 0.25) is 10.0 Å². The molecule has 0 saturated carbocycles. The third-order valence-electron chi connectivity index (χ3n) is 5.19. The van der Waals surface area contributed by atoms with Gasteiger partial charge in [-0.15, -0.1) is 0 Å². The molecule has 0 spiro atoms. The fourth-order valence-corrected chi connectivity index (χ4v) is 4.79. The number of nitrogens with zero attached hydrogens (tertiary/aromatic N) is 1. The summed E-state index contributed by atoms with van der Waals surface area (Å²) in [5.74, 6) is -1.09. The van der Waals surface area contributed by atoms with Crippen LogP contribution in [0.15, 0.2) is 64.6 Å². The van der Waals surface area contributed by atoms with Gasteiger partial charge in [0.05, 0.1) is 15.2 Å². The number of rotatable bonds is 5. The van der Waals surface area contributed by atoms with Gasteiger partial charge in [-0.1, -0.05) is 41.4 Å². The molecule has 1 fully saturated rings. The molecular formula is C26H19BrCl2N2O4. The van der Waals surface area contributed by atoms with E-state index in [2.05, 4.69) is 21.2 Å². The highest BCUT2D eigenvalue weighted by atomic mass is 79.9. The van der Waals surface area contributed by atoms with Crippen molar-refractivity contribution in [2.45, 2.75) is 20.5 Å². The Balaban J connectivity index is 1.62. The number of barbiturate groups is 1. The minimum atomic E-state index is -0.799. The quantitative estimate of drug-likeness (QED) is 0.275. The maximum Gasteiger partial charge on any atom is 0.335 e. The normalized spacial score (nSPS) is 14.9. The van der Waals surface area contributed by atoms with Crippen LogP contribution < -0.4 is 15.0 Å². The number of aryl methyl sites for hydroxylation is 2. The van der Waals surface area contributed by atoms with Crippen molar-refractivity contribution in [3.63, 3.8) is 0 Å². The average Bonchev–Trinajstić information content (AvgIpc) is 2.76. The van der Waals surface area contributed by atoms with E-state index >= 15 is 0 Å². The molecule has 1 aliphatic heterocycles. The number of hydrogen-bond acceptors (Lipinski definition) is 4. The van der Waals surface area contributed by atoms with Gasteiger partial charge in [-0.2, -0.15) is 0 Å². The second-order valence-corrected chi connectivity index (χ2v) is 9.73. The van der Waals surface area contributed by atoms with Gasteiger partial charge in [-0.3, -0.25) is 14.9 Å². The van der Waals surface area contributed by atoms with E-state index < -0.39 is 17.8 Å². The number of halogens is 3. The number of urea groups is 1. The number of hydrogen-bond donors (Lipinski definition) is 1. The van der Waals surface area contributed by atoms with E-state index in [1.54, 1.807) is 36.4 Å². The summed E-state index contributed by atoms with van der Waals surface area (Å²) >= 11 is 15.8. The Morgan fingerprint density at radius 1 is 0.971 bits per heavy atom. The number of anilines is 1. The maximum atomic E-state index is 13.2. The van der Waals surface area contributed by atoms with E-state index in [1.165, 1.54) is 6.08 Å². The second kappa shape index (κ2) is 10.2. The first-order valence-corrected chi connectivity index (χ1v) is 12.0. The van der Waals surface area contributed by atoms with Crippen LogP contribution in [0.4, 0.5) is 10.5 Å². The van der Waals surface area contributed by atoms with Crippen LogP contribution >= 0.6 is 39.1 Å². The van der Waals surface area contributed by atoms with E-state index in [9.17, 15) is 14.4 Å². The zero-order valence-electron chi connectivity index (χ0n) is 18.7. The molecule has 0 bridgehead atoms. The topological polar surface area (TPSA) is 75.7 Å². The van der Waals surface area contributed by atoms with Crippen LogP contribution in [0, 0.1) is 13.8 Å². The third kappa shape index (κ3) is 5.59. The molecule has 4 rings (SSSR count). The van der Waals surface area contributed by atoms with Gasteiger partial charge in [0.2, 0.25) is 0 Å². The molecule has 178 valence electrons. The summed E-state index contributed by atoms with van der Waals surface area (Å²) < 4.78 is 6.39. The molecule has 0 aliphatic carbocycles. The number of carbonyl (C=O) groups is 3. The Morgan fingerprint density at radius 3 is 2.26 bits per heavy atom. The van der Waals surface area contributed by atoms with Crippen molar-refractivity contribution in [2.24, 2.45) is 0 Å². The predicted molar refractivity (Wildman–Crippen MR) is 140 cm³/mol. The molecule has 0 atom stereocenters. The number of amides is 4. The summed E-state index contributed by atoms with van der Waals surface area (Å²) in [7, 11) is 0. The van der Waals surface area contributed by atoms with Crippen molar-refractivity contribution in [1.82, 2.24) is 5.32 Å². The van der Waals surface area contributed by atoms with Gasteiger partial charge < -0.3 is 4.74 Å². The Bertz CT molecular complexity index is 1340. The van der Waals surface area contributed by atoms with Crippen molar-refractivity contribution < 1.29 is 19.1 Å². The van der Waals surface area contributed by atoms with Crippen LogP contribution in [-0.4, -0.2) is 17.8 Å². The number of ether oxygens (including phenoxy) is 1. The van der Waals surface area contributed by atoms with Crippen molar-refractivity contribution in [3.8, 4) is 5.75 Å². The smallest absolute Gasteiger partial charge is 0.335 e. The lowest BCUT2D eigenvalue weighted by molar-refractivity contribution is -0.122. The molecule has 6 nitrogen and oxygen atoms in total. The first-order chi connectivity index (χ1) is 16.6. The van der Waals surface area contributed by atoms with Gasteiger partial charge in [-0.25, -0.2) is 9.69 Å². The summed E-state index contributed by atoms with van der Waals surface area (Å²) in [4.78, 5) is 39.2. The molecule has 0 unspecified atom stereocenters. The Hall–Kier alpha value is -3.13. The monoisotopic (exact) mass is 572 g/mol. The molecule has 0 aromatic heterocycles. The molecule has 9 heteroatoms. The maximum absolute atomic E-state index is 13.2. The zero-order chi connectivity index (χ0) is 25.3. The summed E-state index contributed by atoms with van der Waals surface area (Å²) in [5, 5.41) is 3.14. The van der Waals surface area contributed by atoms with E-state index in [0.717, 1.165) is 21.6 Å². The van der Waals surface area contributed by atoms with E-state index in [1.807, 2.05) is 32.0 Å². The van der Waals surface area contributed by atoms with Crippen molar-refractivity contribution in [1.29, 1.82) is 0 Å². The second-order valence-electron chi connectivity index (χ2n) is 8.03. The Morgan fingerprint density at radius 2 is 1.63 bits per heavy atom. The van der Waals surface area contributed by atoms with Crippen molar-refractivity contribution in [2.75, 3.05) is 4.90 Å². The van der Waals surface area contributed by atoms with Gasteiger partial charge in [0.25, 0.3) is 11.8 Å². The summed E-state index contributed by atoms with van der Waals surface area (Å²) in [6.45, 7) is 3.99. The van der Waals surface area contributed by atoms with Gasteiger partial charge in [-0.05, 0) is 94.5 Å². The van der Waals surface area contributed by atoms with E-state index in [0.29, 0.717) is 26.5 Å². The molecule has 4 amide bonds. The van der Waals surface area contributed by atoms with Crippen LogP contribution in [0.3, 0.4) is 0 Å². The zero-order valence-corrected chi connectivity index (χ0v) is 21.8. The fraction of sp³-hybridized carbons (Fsp3) is 0.115. The number of imide groups is 2. The van der Waals surface area contributed by atoms with Crippen molar-refractivity contribution >= 4 is 68.7 Å². The van der Waals surface area contributed by atoms with Crippen LogP contribution in [0.1, 0.15) is 22.3 Å². The molecule has 1 saturated heterocycles. The SMILES string of the molecule is Cc1cc(C)cc(N2C(=O)NC(=O)/C(=C\c3cc(Cl)c(OCc4ccc(Cl)cc4)c(Br)c3)C2=O)c1. The molecule has 1 aliphatic rings. The summed E-state index contributed by atoms with van der Waals surface area (Å²) in [6, 6.07) is 15.0. The third-order valence-corrected chi connectivity index (χ3v) is 6.32. The van der Waals surface area contributed by atoms with E-state index in [4.69, 9.17) is 27.9 Å². The van der Waals surface area contributed by atoms with Crippen LogP contribution in [0.25, 0.3) is 6.08 Å². The highest BCUT2D eigenvalue weighted by Crippen LogP contribution is 2.36. The summed E-state index contributed by atoms with van der Waals surface area (Å²) in [6.07, 6.45) is 1.39. The number of nitrogens with one attached hydrogen (secondary N) is 1. The molecule has 1 N–H and O–H groups in total. The molecule has 3 aromatic carbocycles. The summed E-state index contributed by atoms with van der Waals surface area (Å²) in [5.41, 5.74) is 3.34. The standard InChI is InChI=1S/C26H19BrCl2N2O4/c1-14-7-15(2)9-19(8-14)31-25(33)20(24(32)30-26(31)34)10-17-11-21(27)23(22(29)12-17)35-13-16-3-5-18(28)6-4-16/h3-12H,13H2,1-2H3,(H,30,32,34)/b20-10+. The molecule has 0 radical (unpaired) electrons. The largest absolute Gasteiger partial charge is 0.486 e. The van der Waals surface area contributed by atoms with Gasteiger partial charge in [0.15, 0.2) is 5.75 Å². The minimum Gasteiger partial charge on any atom is -0.486 e. The minimum absolute atomic E-state index is 0.193. The van der Waals surface area contributed by atoms with Crippen molar-refractivity contribution in [3.05, 3.63) is 96.9 Å². The average molecular weight is 574 g/mol. The lowest BCUT2D eigenvalue weighted by atomic mass is 10.1. The predicted octanol–water partition coefficient (Wildman–Crippen LogP) is 6.62. The molecule has 35 heavy (non-hydrogen) atoms. The molecule has 3 aromatic rings.